The lowest BCUT2D eigenvalue weighted by Crippen LogP contribution is -2.42. The Labute approximate surface area is 196 Å². The highest BCUT2D eigenvalue weighted by Crippen LogP contribution is 2.32. The Balaban J connectivity index is 1.61. The van der Waals surface area contributed by atoms with Crippen molar-refractivity contribution in [3.05, 3.63) is 63.7 Å². The van der Waals surface area contributed by atoms with Crippen LogP contribution in [0.5, 0.6) is 17.4 Å². The van der Waals surface area contributed by atoms with Gasteiger partial charge < -0.3 is 19.3 Å². The minimum atomic E-state index is -0.225. The van der Waals surface area contributed by atoms with Crippen LogP contribution in [0, 0.1) is 13.8 Å². The number of fused-ring (bicyclic) bond motifs is 2. The Morgan fingerprint density at radius 2 is 1.88 bits per heavy atom. The molecule has 0 aliphatic carbocycles. The van der Waals surface area contributed by atoms with Crippen molar-refractivity contribution in [1.82, 2.24) is 19.8 Å². The van der Waals surface area contributed by atoms with Gasteiger partial charge in [0.2, 0.25) is 11.8 Å². The summed E-state index contributed by atoms with van der Waals surface area (Å²) in [5.74, 6) is 0.953. The van der Waals surface area contributed by atoms with Gasteiger partial charge in [-0.05, 0) is 38.1 Å². The predicted molar refractivity (Wildman–Crippen MR) is 125 cm³/mol. The Kier molecular flexibility index (Phi) is 6.88. The number of hydrogen-bond donors (Lipinski definition) is 0. The second kappa shape index (κ2) is 9.99. The van der Waals surface area contributed by atoms with Crippen LogP contribution in [-0.4, -0.2) is 64.9 Å². The van der Waals surface area contributed by atoms with Gasteiger partial charge in [-0.1, -0.05) is 12.1 Å². The van der Waals surface area contributed by atoms with Gasteiger partial charge >= 0.3 is 0 Å². The van der Waals surface area contributed by atoms with E-state index in [9.17, 15) is 9.59 Å². The van der Waals surface area contributed by atoms with Crippen molar-refractivity contribution in [2.75, 3.05) is 33.3 Å². The number of carbonyl (C=O) groups excluding carboxylic acids is 2. The highest BCUT2D eigenvalue weighted by Gasteiger charge is 2.23. The molecule has 0 saturated carbocycles. The molecule has 4 rings (SSSR count). The lowest BCUT2D eigenvalue weighted by molar-refractivity contribution is -0.131. The lowest BCUT2D eigenvalue weighted by Gasteiger charge is -2.26. The van der Waals surface area contributed by atoms with E-state index in [2.05, 4.69) is 9.97 Å². The van der Waals surface area contributed by atoms with E-state index in [-0.39, 0.29) is 24.1 Å². The molecule has 2 amide bonds. The number of benzene rings is 1. The fourth-order valence-electron chi connectivity index (χ4n) is 3.58. The van der Waals surface area contributed by atoms with Gasteiger partial charge in [0.05, 0.1) is 23.7 Å². The second-order valence-electron chi connectivity index (χ2n) is 7.78. The molecular formula is C24H26N4O4S. The van der Waals surface area contributed by atoms with Gasteiger partial charge in [-0.15, -0.1) is 11.3 Å². The molecule has 3 heterocycles. The highest BCUT2D eigenvalue weighted by molar-refractivity contribution is 7.11. The zero-order valence-corrected chi connectivity index (χ0v) is 19.7. The number of para-hydroxylation sites is 2. The molecule has 0 radical (unpaired) electrons. The Bertz CT molecular complexity index is 1160. The number of likely N-dealkylation sites (N-methyl/N-ethyl adjacent to an activating group) is 1. The molecule has 8 nitrogen and oxygen atoms in total. The summed E-state index contributed by atoms with van der Waals surface area (Å²) in [4.78, 5) is 39.3. The maximum Gasteiger partial charge on any atom is 0.259 e. The average Bonchev–Trinajstić information content (AvgIpc) is 3.12. The van der Waals surface area contributed by atoms with E-state index in [1.54, 1.807) is 47.3 Å². The van der Waals surface area contributed by atoms with Crippen molar-refractivity contribution in [2.24, 2.45) is 0 Å². The Morgan fingerprint density at radius 3 is 2.64 bits per heavy atom. The maximum absolute atomic E-state index is 13.2. The molecule has 172 valence electrons. The van der Waals surface area contributed by atoms with Gasteiger partial charge in [0.1, 0.15) is 12.2 Å². The summed E-state index contributed by atoms with van der Waals surface area (Å²) in [6, 6.07) is 10.6. The summed E-state index contributed by atoms with van der Waals surface area (Å²) < 4.78 is 11.9. The normalized spacial score (nSPS) is 14.7. The topological polar surface area (TPSA) is 84.9 Å². The number of ether oxygens (including phenoxy) is 2. The minimum Gasteiger partial charge on any atom is -0.488 e. The van der Waals surface area contributed by atoms with Gasteiger partial charge in [-0.2, -0.15) is 0 Å². The van der Waals surface area contributed by atoms with Crippen LogP contribution in [0.1, 0.15) is 25.9 Å². The van der Waals surface area contributed by atoms with Crippen molar-refractivity contribution in [2.45, 2.75) is 20.3 Å². The summed E-state index contributed by atoms with van der Waals surface area (Å²) in [5, 5.41) is 0.942. The van der Waals surface area contributed by atoms with Crippen LogP contribution in [0.2, 0.25) is 0 Å². The van der Waals surface area contributed by atoms with Crippen LogP contribution >= 0.6 is 11.3 Å². The van der Waals surface area contributed by atoms with Crippen molar-refractivity contribution >= 4 is 23.2 Å². The summed E-state index contributed by atoms with van der Waals surface area (Å²) in [5.41, 5.74) is 1.23. The molecule has 1 aliphatic rings. The highest BCUT2D eigenvalue weighted by atomic mass is 32.1. The third-order valence-corrected chi connectivity index (χ3v) is 6.47. The largest absolute Gasteiger partial charge is 0.488 e. The molecule has 0 fully saturated rings. The third-order valence-electron chi connectivity index (χ3n) is 5.39. The van der Waals surface area contributed by atoms with E-state index >= 15 is 0 Å². The fourth-order valence-corrected chi connectivity index (χ4v) is 4.51. The van der Waals surface area contributed by atoms with Gasteiger partial charge in [-0.3, -0.25) is 9.59 Å². The van der Waals surface area contributed by atoms with Gasteiger partial charge in [0.25, 0.3) is 5.91 Å². The summed E-state index contributed by atoms with van der Waals surface area (Å²) in [6.07, 6.45) is 1.86. The zero-order chi connectivity index (χ0) is 23.4. The number of nitrogens with zero attached hydrogens (tertiary/aromatic N) is 4. The smallest absolute Gasteiger partial charge is 0.259 e. The van der Waals surface area contributed by atoms with Crippen LogP contribution in [0.25, 0.3) is 0 Å². The van der Waals surface area contributed by atoms with Crippen molar-refractivity contribution in [3.8, 4) is 17.4 Å². The molecule has 0 spiro atoms. The lowest BCUT2D eigenvalue weighted by atomic mass is 10.2. The number of pyridine rings is 1. The molecule has 33 heavy (non-hydrogen) atoms. The van der Waals surface area contributed by atoms with E-state index in [0.717, 1.165) is 15.6 Å². The number of aryl methyl sites for hydroxylation is 2. The van der Waals surface area contributed by atoms with E-state index in [4.69, 9.17) is 9.47 Å². The first-order valence-corrected chi connectivity index (χ1v) is 11.5. The minimum absolute atomic E-state index is 0.0207. The second-order valence-corrected chi connectivity index (χ2v) is 9.07. The first-order chi connectivity index (χ1) is 15.9. The molecule has 1 aliphatic heterocycles. The Hall–Kier alpha value is -3.46. The van der Waals surface area contributed by atoms with Crippen molar-refractivity contribution in [1.29, 1.82) is 0 Å². The van der Waals surface area contributed by atoms with Crippen molar-refractivity contribution < 1.29 is 19.1 Å². The number of rotatable bonds is 2. The number of hydrogen-bond acceptors (Lipinski definition) is 7. The maximum atomic E-state index is 13.2. The summed E-state index contributed by atoms with van der Waals surface area (Å²) in [6.45, 7) is 5.29. The molecule has 1 aromatic carbocycles. The third kappa shape index (κ3) is 5.31. The van der Waals surface area contributed by atoms with Gasteiger partial charge in [-0.25, -0.2) is 9.97 Å². The van der Waals surface area contributed by atoms with E-state index in [1.165, 1.54) is 11.3 Å². The summed E-state index contributed by atoms with van der Waals surface area (Å²) >= 11 is 1.54. The van der Waals surface area contributed by atoms with Crippen LogP contribution in [0.15, 0.2) is 42.6 Å². The SMILES string of the molecule is Cc1nc(C)c(CC(=O)N2CCOc3ccccc3Oc3ncccc3C(=O)N(C)CC2)s1. The number of aromatic nitrogens is 2. The molecule has 2 aromatic heterocycles. The van der Waals surface area contributed by atoms with E-state index < -0.39 is 0 Å². The number of thiazole rings is 1. The first kappa shape index (κ1) is 22.7. The molecule has 0 bridgehead atoms. The fraction of sp³-hybridized carbons (Fsp3) is 0.333. The van der Waals surface area contributed by atoms with Crippen LogP contribution in [0.3, 0.4) is 0 Å². The van der Waals surface area contributed by atoms with Crippen molar-refractivity contribution in [3.63, 3.8) is 0 Å². The number of carbonyl (C=O) groups is 2. The van der Waals surface area contributed by atoms with Gasteiger partial charge in [0, 0.05) is 31.2 Å². The van der Waals surface area contributed by atoms with Crippen LogP contribution in [-0.2, 0) is 11.2 Å². The quantitative estimate of drug-likeness (QED) is 0.575. The van der Waals surface area contributed by atoms with E-state index in [0.29, 0.717) is 43.3 Å². The van der Waals surface area contributed by atoms with Crippen LogP contribution < -0.4 is 9.47 Å². The van der Waals surface area contributed by atoms with E-state index in [1.807, 2.05) is 26.0 Å². The molecule has 9 heteroatoms. The molecule has 0 saturated heterocycles. The molecule has 0 N–H and O–H groups in total. The van der Waals surface area contributed by atoms with Gasteiger partial charge in [0.15, 0.2) is 11.5 Å². The zero-order valence-electron chi connectivity index (χ0n) is 18.9. The first-order valence-electron chi connectivity index (χ1n) is 10.7. The van der Waals surface area contributed by atoms with Crippen LogP contribution in [0.4, 0.5) is 0 Å². The molecule has 0 atom stereocenters. The molecular weight excluding hydrogens is 440 g/mol. The summed E-state index contributed by atoms with van der Waals surface area (Å²) in [7, 11) is 1.71. The Morgan fingerprint density at radius 1 is 1.09 bits per heavy atom. The average molecular weight is 467 g/mol. The number of amides is 2. The standard InChI is InChI=1S/C24H26N4O4S/c1-16-21(33-17(2)26-16)15-22(29)28-12-11-27(3)24(30)18-7-6-10-25-23(18)32-20-9-5-4-8-19(20)31-14-13-28/h4-10H,11-15H2,1-3H3. The molecule has 3 aromatic rings. The predicted octanol–water partition coefficient (Wildman–Crippen LogP) is 3.48. The monoisotopic (exact) mass is 466 g/mol. The molecule has 0 unspecified atom stereocenters.